The third-order valence-corrected chi connectivity index (χ3v) is 8.23. The highest BCUT2D eigenvalue weighted by Crippen LogP contribution is 2.34. The Morgan fingerprint density at radius 2 is 1.84 bits per heavy atom. The van der Waals surface area contributed by atoms with Crippen LogP contribution in [0.5, 0.6) is 0 Å². The number of aliphatic hydroxyl groups is 2. The molecule has 0 radical (unpaired) electrons. The van der Waals surface area contributed by atoms with Crippen molar-refractivity contribution in [1.82, 2.24) is 4.31 Å². The maximum absolute atomic E-state index is 13.5. The topological polar surface area (TPSA) is 102 Å². The van der Waals surface area contributed by atoms with Gasteiger partial charge in [-0.05, 0) is 36.4 Å². The van der Waals surface area contributed by atoms with E-state index in [4.69, 9.17) is 0 Å². The number of halogens is 5. The lowest BCUT2D eigenvalue weighted by Gasteiger charge is -2.26. The summed E-state index contributed by atoms with van der Waals surface area (Å²) >= 11 is 0. The molecule has 13 heteroatoms. The smallest absolute Gasteiger partial charge is 0.393 e. The van der Waals surface area contributed by atoms with Crippen molar-refractivity contribution in [2.45, 2.75) is 26.8 Å². The molecule has 2 unspecified atom stereocenters. The summed E-state index contributed by atoms with van der Waals surface area (Å²) in [5, 5.41) is 28.3. The zero-order valence-electron chi connectivity index (χ0n) is 16.0. The van der Waals surface area contributed by atoms with Crippen molar-refractivity contribution in [2.75, 3.05) is 19.7 Å². The van der Waals surface area contributed by atoms with Crippen LogP contribution in [0.3, 0.4) is 0 Å². The molecular formula is C19H15F5N2O4S2. The summed E-state index contributed by atoms with van der Waals surface area (Å²) in [7, 11) is -4.42. The van der Waals surface area contributed by atoms with Crippen LogP contribution >= 0.6 is 0 Å². The van der Waals surface area contributed by atoms with E-state index < -0.39 is 74.7 Å². The molecule has 0 amide bonds. The molecule has 2 N–H and O–H groups in total. The summed E-state index contributed by atoms with van der Waals surface area (Å²) in [4.78, 5) is -0.444. The number of hydrogen-bond donors (Lipinski definition) is 2. The molecule has 2 aromatic rings. The molecule has 172 valence electrons. The summed E-state index contributed by atoms with van der Waals surface area (Å²) in [5.41, 5.74) is -3.68. The lowest BCUT2D eigenvalue weighted by atomic mass is 10.1. The largest absolute Gasteiger partial charge is 0.416 e. The molecule has 1 aliphatic heterocycles. The third-order valence-electron chi connectivity index (χ3n) is 4.92. The first-order chi connectivity index (χ1) is 14.9. The van der Waals surface area contributed by atoms with Crippen LogP contribution < -0.4 is 0 Å². The van der Waals surface area contributed by atoms with Gasteiger partial charge in [-0.3, -0.25) is 4.21 Å². The van der Waals surface area contributed by atoms with Gasteiger partial charge < -0.3 is 10.2 Å². The predicted molar refractivity (Wildman–Crippen MR) is 103 cm³/mol. The third kappa shape index (κ3) is 4.60. The Balaban J connectivity index is 1.92. The molecule has 4 atom stereocenters. The van der Waals surface area contributed by atoms with E-state index in [0.29, 0.717) is 18.2 Å². The van der Waals surface area contributed by atoms with Gasteiger partial charge in [0.15, 0.2) is 11.6 Å². The molecule has 1 fully saturated rings. The number of aliphatic hydroxyl groups excluding tert-OH is 1. The van der Waals surface area contributed by atoms with Crippen molar-refractivity contribution in [1.29, 1.82) is 5.26 Å². The van der Waals surface area contributed by atoms with E-state index in [1.165, 1.54) is 0 Å². The zero-order chi connectivity index (χ0) is 23.8. The van der Waals surface area contributed by atoms with Crippen LogP contribution in [0.1, 0.15) is 11.1 Å². The van der Waals surface area contributed by atoms with Crippen molar-refractivity contribution >= 4 is 21.8 Å². The van der Waals surface area contributed by atoms with E-state index in [1.54, 1.807) is 6.07 Å². The fourth-order valence-corrected chi connectivity index (χ4v) is 6.31. The summed E-state index contributed by atoms with van der Waals surface area (Å²) in [5.74, 6) is -2.45. The standard InChI is InChI=1S/C19H15F5N2O4S2/c20-14-3-2-13(6-15(14)21)31(29)17-8-26(9-18(17,28)10-27)32(30)16-4-1-12(19(22,23)24)5-11(16)7-25/h1-6,17,27-28H,8-10H2/t17-,18-,31?,32?/m0/s1. The molecule has 0 saturated carbocycles. The lowest BCUT2D eigenvalue weighted by Crippen LogP contribution is -2.47. The van der Waals surface area contributed by atoms with Crippen LogP contribution in [0, 0.1) is 23.0 Å². The molecule has 1 saturated heterocycles. The van der Waals surface area contributed by atoms with E-state index in [9.17, 15) is 45.8 Å². The van der Waals surface area contributed by atoms with Crippen LogP contribution in [0.15, 0.2) is 46.2 Å². The first-order valence-corrected chi connectivity index (χ1v) is 11.2. The normalized spacial score (nSPS) is 23.6. The molecule has 6 nitrogen and oxygen atoms in total. The Morgan fingerprint density at radius 3 is 2.41 bits per heavy atom. The molecule has 1 aliphatic rings. The highest BCUT2D eigenvalue weighted by atomic mass is 32.2. The maximum atomic E-state index is 13.5. The Hall–Kier alpha value is -2.24. The molecule has 0 bridgehead atoms. The second-order valence-corrected chi connectivity index (χ2v) is 10.1. The van der Waals surface area contributed by atoms with Crippen molar-refractivity contribution < 1.29 is 40.6 Å². The predicted octanol–water partition coefficient (Wildman–Crippen LogP) is 2.09. The van der Waals surface area contributed by atoms with Crippen molar-refractivity contribution in [3.63, 3.8) is 0 Å². The lowest BCUT2D eigenvalue weighted by molar-refractivity contribution is -0.137. The van der Waals surface area contributed by atoms with Crippen LogP contribution in [-0.2, 0) is 28.0 Å². The molecular weight excluding hydrogens is 479 g/mol. The van der Waals surface area contributed by atoms with Crippen molar-refractivity contribution in [2.24, 2.45) is 0 Å². The molecule has 0 aromatic heterocycles. The van der Waals surface area contributed by atoms with Crippen molar-refractivity contribution in [3.05, 3.63) is 59.2 Å². The first-order valence-electron chi connectivity index (χ1n) is 8.88. The molecule has 3 rings (SSSR count). The Morgan fingerprint density at radius 1 is 1.16 bits per heavy atom. The number of β-amino-alcohol motifs (C(OH)–C–C–N with tert-alkyl or cyclic N) is 1. The summed E-state index contributed by atoms with van der Waals surface area (Å²) < 4.78 is 92.4. The average Bonchev–Trinajstić information content (AvgIpc) is 3.11. The van der Waals surface area contributed by atoms with Gasteiger partial charge in [-0.1, -0.05) is 0 Å². The summed E-state index contributed by atoms with van der Waals surface area (Å²) in [6, 6.07) is 6.07. The van der Waals surface area contributed by atoms with E-state index >= 15 is 0 Å². The minimum absolute atomic E-state index is 0.180. The second kappa shape index (κ2) is 8.95. The SMILES string of the molecule is N#Cc1cc(C(F)(F)F)ccc1S(=O)N1C[C@H](S(=O)c2ccc(F)c(F)c2)[C@@](O)(CO)C1. The van der Waals surface area contributed by atoms with Gasteiger partial charge in [-0.2, -0.15) is 18.4 Å². The van der Waals surface area contributed by atoms with Gasteiger partial charge >= 0.3 is 6.18 Å². The fraction of sp³-hybridized carbons (Fsp3) is 0.316. The van der Waals surface area contributed by atoms with Crippen LogP contribution in [-0.4, -0.2) is 53.5 Å². The fourth-order valence-electron chi connectivity index (χ4n) is 3.22. The second-order valence-electron chi connectivity index (χ2n) is 7.02. The molecule has 0 aliphatic carbocycles. The van der Waals surface area contributed by atoms with Crippen molar-refractivity contribution in [3.8, 4) is 6.07 Å². The Kier molecular flexibility index (Phi) is 6.83. The van der Waals surface area contributed by atoms with E-state index in [0.717, 1.165) is 22.5 Å². The van der Waals surface area contributed by atoms with Gasteiger partial charge in [-0.15, -0.1) is 0 Å². The Bertz CT molecular complexity index is 1140. The number of rotatable bonds is 5. The zero-order valence-corrected chi connectivity index (χ0v) is 17.6. The van der Waals surface area contributed by atoms with Gasteiger partial charge in [-0.25, -0.2) is 17.3 Å². The quantitative estimate of drug-likeness (QED) is 0.620. The minimum Gasteiger partial charge on any atom is -0.393 e. The van der Waals surface area contributed by atoms with E-state index in [-0.39, 0.29) is 16.3 Å². The molecule has 2 aromatic carbocycles. The highest BCUT2D eigenvalue weighted by Gasteiger charge is 2.50. The summed E-state index contributed by atoms with van der Waals surface area (Å²) in [6.07, 6.45) is -4.72. The maximum Gasteiger partial charge on any atom is 0.416 e. The number of benzene rings is 2. The summed E-state index contributed by atoms with van der Waals surface area (Å²) in [6.45, 7) is -1.79. The van der Waals surface area contributed by atoms with E-state index in [2.05, 4.69) is 0 Å². The Labute approximate surface area is 183 Å². The number of alkyl halides is 3. The minimum atomic E-state index is -4.72. The number of hydrogen-bond acceptors (Lipinski definition) is 5. The monoisotopic (exact) mass is 494 g/mol. The van der Waals surface area contributed by atoms with Gasteiger partial charge in [0.1, 0.15) is 22.7 Å². The van der Waals surface area contributed by atoms with E-state index in [1.807, 2.05) is 0 Å². The van der Waals surface area contributed by atoms with Gasteiger partial charge in [0.05, 0.1) is 38.7 Å². The van der Waals surface area contributed by atoms with Gasteiger partial charge in [0, 0.05) is 18.0 Å². The average molecular weight is 494 g/mol. The van der Waals surface area contributed by atoms with Gasteiger partial charge in [0.25, 0.3) is 0 Å². The molecule has 0 spiro atoms. The first kappa shape index (κ1) is 24.4. The van der Waals surface area contributed by atoms with Crippen LogP contribution in [0.2, 0.25) is 0 Å². The number of nitriles is 1. The molecule has 1 heterocycles. The van der Waals surface area contributed by atoms with Gasteiger partial charge in [0.2, 0.25) is 0 Å². The number of nitrogens with zero attached hydrogens (tertiary/aromatic N) is 2. The van der Waals surface area contributed by atoms with Crippen LogP contribution in [0.4, 0.5) is 22.0 Å². The van der Waals surface area contributed by atoms with Crippen LogP contribution in [0.25, 0.3) is 0 Å². The highest BCUT2D eigenvalue weighted by molar-refractivity contribution is 7.86. The molecule has 32 heavy (non-hydrogen) atoms.